The molecule has 2 heterocycles. The van der Waals surface area contributed by atoms with E-state index in [1.54, 1.807) is 0 Å². The number of fused-ring (bicyclic) bond motifs is 2. The highest BCUT2D eigenvalue weighted by Crippen LogP contribution is 2.47. The van der Waals surface area contributed by atoms with Gasteiger partial charge in [0.1, 0.15) is 0 Å². The number of benzene rings is 7. The van der Waals surface area contributed by atoms with Crippen molar-refractivity contribution in [2.45, 2.75) is 0 Å². The van der Waals surface area contributed by atoms with E-state index in [9.17, 15) is 0 Å². The highest BCUT2D eigenvalue weighted by Gasteiger charge is 2.19. The molecule has 0 bridgehead atoms. The second kappa shape index (κ2) is 12.2. The average Bonchev–Trinajstić information content (AvgIpc) is 3.87. The smallest absolute Gasteiger partial charge is 0.0349 e. The Bertz CT molecular complexity index is 2340. The van der Waals surface area contributed by atoms with Crippen LogP contribution in [-0.2, 0) is 0 Å². The summed E-state index contributed by atoms with van der Waals surface area (Å²) in [4.78, 5) is 5.12. The molecule has 226 valence electrons. The van der Waals surface area contributed by atoms with E-state index in [1.807, 2.05) is 22.7 Å². The zero-order valence-corrected chi connectivity index (χ0v) is 27.8. The van der Waals surface area contributed by atoms with Crippen LogP contribution < -0.4 is 0 Å². The van der Waals surface area contributed by atoms with Crippen LogP contribution >= 0.6 is 22.7 Å². The maximum Gasteiger partial charge on any atom is 0.0349 e. The molecule has 2 aromatic heterocycles. The Balaban J connectivity index is 1.29. The second-order valence-corrected chi connectivity index (χ2v) is 14.2. The van der Waals surface area contributed by atoms with Gasteiger partial charge in [-0.3, -0.25) is 0 Å². The van der Waals surface area contributed by atoms with E-state index in [1.165, 1.54) is 85.6 Å². The topological polar surface area (TPSA) is 0 Å². The maximum atomic E-state index is 2.42. The average molecular weight is 647 g/mol. The van der Waals surface area contributed by atoms with Crippen LogP contribution in [0.15, 0.2) is 182 Å². The molecule has 7 aromatic carbocycles. The van der Waals surface area contributed by atoms with Gasteiger partial charge >= 0.3 is 0 Å². The van der Waals surface area contributed by atoms with Crippen LogP contribution in [0.3, 0.4) is 0 Å². The van der Waals surface area contributed by atoms with Gasteiger partial charge in [-0.2, -0.15) is 0 Å². The summed E-state index contributed by atoms with van der Waals surface area (Å²) in [5.74, 6) is 0. The monoisotopic (exact) mass is 646 g/mol. The fourth-order valence-electron chi connectivity index (χ4n) is 6.87. The van der Waals surface area contributed by atoms with Crippen molar-refractivity contribution < 1.29 is 0 Å². The van der Waals surface area contributed by atoms with Gasteiger partial charge in [-0.1, -0.05) is 146 Å². The second-order valence-electron chi connectivity index (χ2n) is 12.1. The normalized spacial score (nSPS) is 11.3. The van der Waals surface area contributed by atoms with E-state index in [2.05, 4.69) is 182 Å². The van der Waals surface area contributed by atoms with E-state index in [4.69, 9.17) is 0 Å². The van der Waals surface area contributed by atoms with Crippen LogP contribution in [-0.4, -0.2) is 0 Å². The third-order valence-electron chi connectivity index (χ3n) is 9.14. The minimum Gasteiger partial charge on any atom is -0.135 e. The first-order valence-electron chi connectivity index (χ1n) is 16.3. The summed E-state index contributed by atoms with van der Waals surface area (Å²) in [5, 5.41) is 5.08. The Hall–Kier alpha value is -5.54. The number of thiophene rings is 2. The Morgan fingerprint density at radius 2 is 0.542 bits per heavy atom. The van der Waals surface area contributed by atoms with Crippen molar-refractivity contribution in [3.05, 3.63) is 182 Å². The van der Waals surface area contributed by atoms with Gasteiger partial charge in [0.2, 0.25) is 0 Å². The van der Waals surface area contributed by atoms with Crippen molar-refractivity contribution in [2.24, 2.45) is 0 Å². The Morgan fingerprint density at radius 3 is 0.896 bits per heavy atom. The molecule has 2 heteroatoms. The molecule has 0 fully saturated rings. The van der Waals surface area contributed by atoms with Crippen LogP contribution in [0.1, 0.15) is 0 Å². The van der Waals surface area contributed by atoms with Gasteiger partial charge in [-0.05, 0) is 102 Å². The van der Waals surface area contributed by atoms with E-state index < -0.39 is 0 Å². The molecular weight excluding hydrogens is 617 g/mol. The van der Waals surface area contributed by atoms with Crippen LogP contribution in [0.4, 0.5) is 0 Å². The fourth-order valence-corrected chi connectivity index (χ4v) is 8.88. The number of rotatable bonds is 6. The predicted octanol–water partition coefficient (Wildman–Crippen LogP) is 14.1. The van der Waals surface area contributed by atoms with Crippen molar-refractivity contribution in [1.82, 2.24) is 0 Å². The molecule has 0 amide bonds. The molecule has 0 aliphatic heterocycles. The highest BCUT2D eigenvalue weighted by atomic mass is 32.1. The maximum absolute atomic E-state index is 2.42. The van der Waals surface area contributed by atoms with E-state index in [-0.39, 0.29) is 0 Å². The van der Waals surface area contributed by atoms with E-state index in [0.717, 1.165) is 0 Å². The van der Waals surface area contributed by atoms with Gasteiger partial charge in [0.15, 0.2) is 0 Å². The molecule has 0 aliphatic carbocycles. The summed E-state index contributed by atoms with van der Waals surface area (Å²) in [7, 11) is 0. The lowest BCUT2D eigenvalue weighted by atomic mass is 9.84. The lowest BCUT2D eigenvalue weighted by Crippen LogP contribution is -1.92. The Morgan fingerprint density at radius 1 is 0.229 bits per heavy atom. The molecule has 0 spiro atoms. The summed E-state index contributed by atoms with van der Waals surface area (Å²) >= 11 is 3.71. The zero-order valence-electron chi connectivity index (χ0n) is 26.1. The molecule has 9 aromatic rings. The van der Waals surface area contributed by atoms with E-state index in [0.29, 0.717) is 0 Å². The summed E-state index contributed by atoms with van der Waals surface area (Å²) in [6.07, 6.45) is 0. The summed E-state index contributed by atoms with van der Waals surface area (Å²) in [6.45, 7) is 0. The van der Waals surface area contributed by atoms with Gasteiger partial charge in [-0.25, -0.2) is 0 Å². The molecule has 0 N–H and O–H groups in total. The van der Waals surface area contributed by atoms with Gasteiger partial charge in [-0.15, -0.1) is 22.7 Å². The molecule has 48 heavy (non-hydrogen) atoms. The molecular formula is C46H30S2. The van der Waals surface area contributed by atoms with E-state index >= 15 is 0 Å². The van der Waals surface area contributed by atoms with Crippen LogP contribution in [0.5, 0.6) is 0 Å². The third-order valence-corrected chi connectivity index (χ3v) is 11.5. The lowest BCUT2D eigenvalue weighted by Gasteiger charge is -2.19. The Kier molecular flexibility index (Phi) is 7.31. The van der Waals surface area contributed by atoms with Crippen molar-refractivity contribution in [3.63, 3.8) is 0 Å². The minimum absolute atomic E-state index is 1.23. The quantitative estimate of drug-likeness (QED) is 0.158. The molecule has 0 atom stereocenters. The SMILES string of the molecule is c1ccc(-c2ccc(-c3ccc4c(-c5ccccc5)c5cc(-c6ccc(-c7ccccc7)s6)ccc5c(-c5ccccc5)c4c3)s2)cc1. The van der Waals surface area contributed by atoms with Crippen molar-refractivity contribution >= 4 is 44.2 Å². The number of hydrogen-bond donors (Lipinski definition) is 0. The molecule has 0 nitrogen and oxygen atoms in total. The first kappa shape index (κ1) is 28.7. The van der Waals surface area contributed by atoms with Gasteiger partial charge < -0.3 is 0 Å². The predicted molar refractivity (Wildman–Crippen MR) is 210 cm³/mol. The van der Waals surface area contributed by atoms with Gasteiger partial charge in [0.25, 0.3) is 0 Å². The summed E-state index contributed by atoms with van der Waals surface area (Å²) in [6, 6.07) is 66.4. The molecule has 0 unspecified atom stereocenters. The molecule has 9 rings (SSSR count). The fraction of sp³-hybridized carbons (Fsp3) is 0. The standard InChI is InChI=1S/C46H30S2/c1-5-13-31(14-6-1)41-25-27-43(47-41)35-21-23-37-39(29-35)45(33-17-9-3-10-18-33)38-24-22-36(30-40(38)46(37)34-19-11-4-12-20-34)44-28-26-42(48-44)32-15-7-2-8-16-32/h1-30H. The first-order valence-corrected chi connectivity index (χ1v) is 17.9. The summed E-state index contributed by atoms with van der Waals surface area (Å²) in [5.41, 5.74) is 10.0. The zero-order chi connectivity index (χ0) is 31.9. The third kappa shape index (κ3) is 5.16. The lowest BCUT2D eigenvalue weighted by molar-refractivity contribution is 1.65. The highest BCUT2D eigenvalue weighted by molar-refractivity contribution is 7.19. The molecule has 0 aliphatic rings. The Labute approximate surface area is 288 Å². The molecule has 0 saturated carbocycles. The first-order chi connectivity index (χ1) is 23.8. The van der Waals surface area contributed by atoms with Crippen LogP contribution in [0, 0.1) is 0 Å². The number of hydrogen-bond acceptors (Lipinski definition) is 2. The van der Waals surface area contributed by atoms with Gasteiger partial charge in [0.05, 0.1) is 0 Å². The molecule has 0 saturated heterocycles. The van der Waals surface area contributed by atoms with Crippen molar-refractivity contribution in [1.29, 1.82) is 0 Å². The molecule has 0 radical (unpaired) electrons. The van der Waals surface area contributed by atoms with Crippen molar-refractivity contribution in [2.75, 3.05) is 0 Å². The minimum atomic E-state index is 1.23. The largest absolute Gasteiger partial charge is 0.135 e. The van der Waals surface area contributed by atoms with Gasteiger partial charge in [0, 0.05) is 19.5 Å². The summed E-state index contributed by atoms with van der Waals surface area (Å²) < 4.78 is 0. The van der Waals surface area contributed by atoms with Crippen molar-refractivity contribution in [3.8, 4) is 64.0 Å². The van der Waals surface area contributed by atoms with Crippen LogP contribution in [0.2, 0.25) is 0 Å². The van der Waals surface area contributed by atoms with Crippen LogP contribution in [0.25, 0.3) is 85.6 Å².